The minimum atomic E-state index is 1.13. The lowest BCUT2D eigenvalue weighted by Gasteiger charge is -2.26. The number of aryl methyl sites for hydroxylation is 3. The molecule has 0 atom stereocenters. The SMILES string of the molecule is Cc1ccc(-c2ccc(N(c3ccc(-c4ccc(C)cc4)cc3)c3ccc(-c4ccc(C)cc4)cc3)cc2)cc1. The molecular formula is C39H33N. The van der Waals surface area contributed by atoms with Gasteiger partial charge in [0.25, 0.3) is 0 Å². The number of anilines is 3. The van der Waals surface area contributed by atoms with Gasteiger partial charge in [-0.05, 0) is 90.6 Å². The van der Waals surface area contributed by atoms with Crippen molar-refractivity contribution < 1.29 is 0 Å². The molecule has 0 unspecified atom stereocenters. The lowest BCUT2D eigenvalue weighted by atomic mass is 10.0. The molecule has 0 aliphatic rings. The zero-order valence-corrected chi connectivity index (χ0v) is 23.3. The minimum Gasteiger partial charge on any atom is -0.311 e. The van der Waals surface area contributed by atoms with E-state index in [1.165, 1.54) is 50.1 Å². The third-order valence-electron chi connectivity index (χ3n) is 7.53. The predicted octanol–water partition coefficient (Wildman–Crippen LogP) is 11.1. The summed E-state index contributed by atoms with van der Waals surface area (Å²) >= 11 is 0. The molecule has 0 fully saturated rings. The highest BCUT2D eigenvalue weighted by Crippen LogP contribution is 2.37. The summed E-state index contributed by atoms with van der Waals surface area (Å²) in [6, 6.07) is 52.8. The Labute approximate surface area is 238 Å². The van der Waals surface area contributed by atoms with Crippen LogP contribution in [0.1, 0.15) is 16.7 Å². The van der Waals surface area contributed by atoms with Crippen molar-refractivity contribution in [2.24, 2.45) is 0 Å². The van der Waals surface area contributed by atoms with Crippen molar-refractivity contribution in [1.29, 1.82) is 0 Å². The summed E-state index contributed by atoms with van der Waals surface area (Å²) in [6.45, 7) is 6.37. The maximum absolute atomic E-state index is 2.33. The van der Waals surface area contributed by atoms with Gasteiger partial charge in [-0.25, -0.2) is 0 Å². The molecule has 0 aliphatic carbocycles. The zero-order chi connectivity index (χ0) is 27.5. The molecule has 0 aromatic heterocycles. The van der Waals surface area contributed by atoms with E-state index in [-0.39, 0.29) is 0 Å². The highest BCUT2D eigenvalue weighted by atomic mass is 15.1. The third kappa shape index (κ3) is 5.46. The highest BCUT2D eigenvalue weighted by molar-refractivity contribution is 5.81. The molecule has 0 saturated heterocycles. The Bertz CT molecular complexity index is 1480. The first-order chi connectivity index (χ1) is 19.5. The van der Waals surface area contributed by atoms with Crippen LogP contribution < -0.4 is 4.90 Å². The van der Waals surface area contributed by atoms with Crippen LogP contribution in [0.25, 0.3) is 33.4 Å². The second-order valence-corrected chi connectivity index (χ2v) is 10.6. The van der Waals surface area contributed by atoms with Crippen molar-refractivity contribution in [2.45, 2.75) is 20.8 Å². The van der Waals surface area contributed by atoms with E-state index in [0.717, 1.165) is 17.1 Å². The molecular weight excluding hydrogens is 482 g/mol. The first kappa shape index (κ1) is 25.4. The number of hydrogen-bond donors (Lipinski definition) is 0. The Morgan fingerprint density at radius 1 is 0.250 bits per heavy atom. The second-order valence-electron chi connectivity index (χ2n) is 10.6. The van der Waals surface area contributed by atoms with Crippen LogP contribution in [0, 0.1) is 20.8 Å². The molecule has 6 rings (SSSR count). The average Bonchev–Trinajstić information content (AvgIpc) is 3.00. The van der Waals surface area contributed by atoms with E-state index in [1.807, 2.05) is 0 Å². The molecule has 194 valence electrons. The molecule has 0 saturated carbocycles. The Kier molecular flexibility index (Phi) is 7.04. The molecule has 1 heteroatoms. The molecule has 6 aromatic rings. The van der Waals surface area contributed by atoms with Crippen LogP contribution in [-0.4, -0.2) is 0 Å². The maximum Gasteiger partial charge on any atom is 0.0462 e. The van der Waals surface area contributed by atoms with Gasteiger partial charge < -0.3 is 4.90 Å². The number of rotatable bonds is 6. The Morgan fingerprint density at radius 2 is 0.425 bits per heavy atom. The van der Waals surface area contributed by atoms with Gasteiger partial charge in [0.2, 0.25) is 0 Å². The largest absolute Gasteiger partial charge is 0.311 e. The maximum atomic E-state index is 2.33. The Morgan fingerprint density at radius 3 is 0.625 bits per heavy atom. The van der Waals surface area contributed by atoms with Crippen molar-refractivity contribution in [3.8, 4) is 33.4 Å². The highest BCUT2D eigenvalue weighted by Gasteiger charge is 2.14. The fraction of sp³-hybridized carbons (Fsp3) is 0.0769. The topological polar surface area (TPSA) is 3.24 Å². The normalized spacial score (nSPS) is 10.9. The second kappa shape index (κ2) is 11.1. The van der Waals surface area contributed by atoms with E-state index in [2.05, 4.69) is 171 Å². The van der Waals surface area contributed by atoms with E-state index < -0.39 is 0 Å². The monoisotopic (exact) mass is 515 g/mol. The quantitative estimate of drug-likeness (QED) is 0.213. The summed E-state index contributed by atoms with van der Waals surface area (Å²) in [5, 5.41) is 0. The van der Waals surface area contributed by atoms with Gasteiger partial charge in [-0.15, -0.1) is 0 Å². The van der Waals surface area contributed by atoms with Gasteiger partial charge in [-0.1, -0.05) is 126 Å². The average molecular weight is 516 g/mol. The van der Waals surface area contributed by atoms with Crippen LogP contribution in [0.5, 0.6) is 0 Å². The zero-order valence-electron chi connectivity index (χ0n) is 23.3. The molecule has 0 heterocycles. The molecule has 0 amide bonds. The van der Waals surface area contributed by atoms with Gasteiger partial charge in [0.1, 0.15) is 0 Å². The minimum absolute atomic E-state index is 1.13. The van der Waals surface area contributed by atoms with Crippen molar-refractivity contribution in [2.75, 3.05) is 4.90 Å². The summed E-state index contributed by atoms with van der Waals surface area (Å²) in [6.07, 6.45) is 0. The molecule has 6 aromatic carbocycles. The van der Waals surface area contributed by atoms with Gasteiger partial charge in [0, 0.05) is 17.1 Å². The van der Waals surface area contributed by atoms with E-state index >= 15 is 0 Å². The summed E-state index contributed by atoms with van der Waals surface area (Å²) in [4.78, 5) is 2.33. The van der Waals surface area contributed by atoms with Crippen molar-refractivity contribution in [3.63, 3.8) is 0 Å². The van der Waals surface area contributed by atoms with Gasteiger partial charge in [0.05, 0.1) is 0 Å². The molecule has 1 nitrogen and oxygen atoms in total. The van der Waals surface area contributed by atoms with Gasteiger partial charge in [-0.2, -0.15) is 0 Å². The number of hydrogen-bond acceptors (Lipinski definition) is 1. The summed E-state index contributed by atoms with van der Waals surface area (Å²) in [7, 11) is 0. The molecule has 40 heavy (non-hydrogen) atoms. The van der Waals surface area contributed by atoms with Crippen LogP contribution in [0.3, 0.4) is 0 Å². The van der Waals surface area contributed by atoms with Gasteiger partial charge in [0.15, 0.2) is 0 Å². The summed E-state index contributed by atoms with van der Waals surface area (Å²) in [5.41, 5.74) is 14.5. The van der Waals surface area contributed by atoms with Crippen molar-refractivity contribution in [1.82, 2.24) is 0 Å². The van der Waals surface area contributed by atoms with Crippen LogP contribution in [-0.2, 0) is 0 Å². The Hall–Kier alpha value is -4.88. The van der Waals surface area contributed by atoms with Gasteiger partial charge >= 0.3 is 0 Å². The van der Waals surface area contributed by atoms with Crippen LogP contribution >= 0.6 is 0 Å². The fourth-order valence-electron chi connectivity index (χ4n) is 5.09. The van der Waals surface area contributed by atoms with E-state index in [9.17, 15) is 0 Å². The smallest absolute Gasteiger partial charge is 0.0462 e. The standard InChI is InChI=1S/C39H33N/c1-28-4-10-31(11-5-28)34-16-22-37(23-17-34)40(38-24-18-35(19-25-38)32-12-6-29(2)7-13-32)39-26-20-36(21-27-39)33-14-8-30(3)9-15-33/h4-27H,1-3H3. The number of benzene rings is 6. The van der Waals surface area contributed by atoms with Gasteiger partial charge in [-0.3, -0.25) is 0 Å². The summed E-state index contributed by atoms with van der Waals surface area (Å²) < 4.78 is 0. The number of nitrogens with zero attached hydrogens (tertiary/aromatic N) is 1. The molecule has 0 N–H and O–H groups in total. The lowest BCUT2D eigenvalue weighted by molar-refractivity contribution is 1.28. The summed E-state index contributed by atoms with van der Waals surface area (Å²) in [5.74, 6) is 0. The molecule has 0 aliphatic heterocycles. The van der Waals surface area contributed by atoms with Crippen molar-refractivity contribution in [3.05, 3.63) is 162 Å². The molecule has 0 bridgehead atoms. The Balaban J connectivity index is 1.37. The van der Waals surface area contributed by atoms with E-state index in [0.29, 0.717) is 0 Å². The predicted molar refractivity (Wildman–Crippen MR) is 172 cm³/mol. The fourth-order valence-corrected chi connectivity index (χ4v) is 5.09. The third-order valence-corrected chi connectivity index (χ3v) is 7.53. The molecule has 0 spiro atoms. The van der Waals surface area contributed by atoms with Crippen LogP contribution in [0.15, 0.2) is 146 Å². The van der Waals surface area contributed by atoms with Crippen molar-refractivity contribution >= 4 is 17.1 Å². The first-order valence-corrected chi connectivity index (χ1v) is 13.8. The van der Waals surface area contributed by atoms with E-state index in [1.54, 1.807) is 0 Å². The lowest BCUT2D eigenvalue weighted by Crippen LogP contribution is -2.09. The first-order valence-electron chi connectivity index (χ1n) is 13.8. The van der Waals surface area contributed by atoms with E-state index in [4.69, 9.17) is 0 Å². The molecule has 0 radical (unpaired) electrons. The van der Waals surface area contributed by atoms with Crippen LogP contribution in [0.4, 0.5) is 17.1 Å². The van der Waals surface area contributed by atoms with Crippen LogP contribution in [0.2, 0.25) is 0 Å².